The molecule has 0 saturated heterocycles. The molecule has 5 nitrogen and oxygen atoms in total. The average molecular weight is 264 g/mol. The quantitative estimate of drug-likeness (QED) is 0.848. The Kier molecular flexibility index (Phi) is 5.06. The Morgan fingerprint density at radius 2 is 1.84 bits per heavy atom. The minimum atomic E-state index is -0.989. The molecule has 3 N–H and O–H groups in total. The van der Waals surface area contributed by atoms with Crippen molar-refractivity contribution in [3.05, 3.63) is 29.8 Å². The van der Waals surface area contributed by atoms with E-state index in [1.54, 1.807) is 19.2 Å². The highest BCUT2D eigenvalue weighted by molar-refractivity contribution is 5.97. The molecule has 0 aliphatic rings. The lowest BCUT2D eigenvalue weighted by molar-refractivity contribution is -0.120. The van der Waals surface area contributed by atoms with E-state index < -0.39 is 12.0 Å². The molecule has 1 aromatic carbocycles. The maximum atomic E-state index is 12.1. The van der Waals surface area contributed by atoms with E-state index in [0.717, 1.165) is 6.42 Å². The third kappa shape index (κ3) is 3.54. The van der Waals surface area contributed by atoms with Gasteiger partial charge in [-0.1, -0.05) is 20.3 Å². The SMILES string of the molecule is CCC(C)C(N)C(=O)N(C)c1ccc(C(=O)O)cc1. The molecule has 19 heavy (non-hydrogen) atoms. The van der Waals surface area contributed by atoms with Gasteiger partial charge in [-0.3, -0.25) is 4.79 Å². The first kappa shape index (κ1) is 15.2. The Morgan fingerprint density at radius 1 is 1.32 bits per heavy atom. The van der Waals surface area contributed by atoms with Gasteiger partial charge in [0.15, 0.2) is 0 Å². The predicted molar refractivity (Wildman–Crippen MR) is 74.2 cm³/mol. The number of likely N-dealkylation sites (N-methyl/N-ethyl adjacent to an activating group) is 1. The van der Waals surface area contributed by atoms with E-state index in [1.807, 2.05) is 13.8 Å². The fourth-order valence-electron chi connectivity index (χ4n) is 1.68. The van der Waals surface area contributed by atoms with Crippen LogP contribution in [0, 0.1) is 5.92 Å². The van der Waals surface area contributed by atoms with Crippen LogP contribution in [0.2, 0.25) is 0 Å². The molecule has 0 aliphatic heterocycles. The molecule has 0 heterocycles. The first-order valence-corrected chi connectivity index (χ1v) is 6.25. The highest BCUT2D eigenvalue weighted by Gasteiger charge is 2.23. The fourth-order valence-corrected chi connectivity index (χ4v) is 1.68. The summed E-state index contributed by atoms with van der Waals surface area (Å²) in [5.74, 6) is -1.05. The summed E-state index contributed by atoms with van der Waals surface area (Å²) in [6.45, 7) is 3.92. The molecule has 1 rings (SSSR count). The van der Waals surface area contributed by atoms with E-state index in [1.165, 1.54) is 17.0 Å². The highest BCUT2D eigenvalue weighted by Crippen LogP contribution is 2.17. The number of hydrogen-bond acceptors (Lipinski definition) is 3. The second-order valence-electron chi connectivity index (χ2n) is 4.66. The number of carboxylic acids is 1. The van der Waals surface area contributed by atoms with Gasteiger partial charge in [0.25, 0.3) is 0 Å². The van der Waals surface area contributed by atoms with Gasteiger partial charge < -0.3 is 15.7 Å². The molecule has 0 spiro atoms. The molecule has 104 valence electrons. The molecular formula is C14H20N2O3. The number of carboxylic acid groups (broad SMARTS) is 1. The minimum Gasteiger partial charge on any atom is -0.478 e. The Balaban J connectivity index is 2.85. The normalized spacial score (nSPS) is 13.7. The molecule has 1 amide bonds. The van der Waals surface area contributed by atoms with Crippen LogP contribution in [0.15, 0.2) is 24.3 Å². The highest BCUT2D eigenvalue weighted by atomic mass is 16.4. The Labute approximate surface area is 113 Å². The number of amides is 1. The van der Waals surface area contributed by atoms with Gasteiger partial charge in [-0.15, -0.1) is 0 Å². The molecule has 2 atom stereocenters. The summed E-state index contributed by atoms with van der Waals surface area (Å²) in [7, 11) is 1.64. The molecule has 0 fully saturated rings. The van der Waals surface area contributed by atoms with Gasteiger partial charge in [0, 0.05) is 12.7 Å². The molecule has 0 saturated carbocycles. The summed E-state index contributed by atoms with van der Waals surface area (Å²) in [6, 6.07) is 5.59. The summed E-state index contributed by atoms with van der Waals surface area (Å²) >= 11 is 0. The average Bonchev–Trinajstić information content (AvgIpc) is 2.44. The third-order valence-corrected chi connectivity index (χ3v) is 3.37. The third-order valence-electron chi connectivity index (χ3n) is 3.37. The van der Waals surface area contributed by atoms with Crippen LogP contribution in [0.3, 0.4) is 0 Å². The van der Waals surface area contributed by atoms with E-state index in [-0.39, 0.29) is 17.4 Å². The smallest absolute Gasteiger partial charge is 0.335 e. The number of anilines is 1. The van der Waals surface area contributed by atoms with Gasteiger partial charge in [-0.25, -0.2) is 4.79 Å². The Bertz CT molecular complexity index is 456. The first-order chi connectivity index (χ1) is 8.88. The molecule has 0 bridgehead atoms. The van der Waals surface area contributed by atoms with Crippen LogP contribution in [-0.4, -0.2) is 30.1 Å². The molecule has 0 aliphatic carbocycles. The lowest BCUT2D eigenvalue weighted by atomic mass is 9.99. The summed E-state index contributed by atoms with van der Waals surface area (Å²) in [4.78, 5) is 24.4. The van der Waals surface area contributed by atoms with Crippen molar-refractivity contribution in [2.24, 2.45) is 11.7 Å². The second-order valence-corrected chi connectivity index (χ2v) is 4.66. The molecular weight excluding hydrogens is 244 g/mol. The van der Waals surface area contributed by atoms with E-state index in [9.17, 15) is 9.59 Å². The van der Waals surface area contributed by atoms with Crippen molar-refractivity contribution in [2.75, 3.05) is 11.9 Å². The zero-order chi connectivity index (χ0) is 14.6. The van der Waals surface area contributed by atoms with Crippen LogP contribution in [0.25, 0.3) is 0 Å². The summed E-state index contributed by atoms with van der Waals surface area (Å²) in [5.41, 5.74) is 6.73. The van der Waals surface area contributed by atoms with Gasteiger partial charge in [-0.05, 0) is 30.2 Å². The van der Waals surface area contributed by atoms with Crippen molar-refractivity contribution < 1.29 is 14.7 Å². The largest absolute Gasteiger partial charge is 0.478 e. The zero-order valence-corrected chi connectivity index (χ0v) is 11.5. The topological polar surface area (TPSA) is 83.6 Å². The number of nitrogens with two attached hydrogens (primary N) is 1. The van der Waals surface area contributed by atoms with Crippen molar-refractivity contribution >= 4 is 17.6 Å². The van der Waals surface area contributed by atoms with E-state index in [0.29, 0.717) is 5.69 Å². The van der Waals surface area contributed by atoms with E-state index >= 15 is 0 Å². The first-order valence-electron chi connectivity index (χ1n) is 6.25. The van der Waals surface area contributed by atoms with Crippen molar-refractivity contribution in [2.45, 2.75) is 26.3 Å². The zero-order valence-electron chi connectivity index (χ0n) is 11.5. The van der Waals surface area contributed by atoms with Gasteiger partial charge in [0.2, 0.25) is 5.91 Å². The Hall–Kier alpha value is -1.88. The van der Waals surface area contributed by atoms with Crippen LogP contribution in [0.1, 0.15) is 30.6 Å². The van der Waals surface area contributed by atoms with Crippen LogP contribution in [0.4, 0.5) is 5.69 Å². The molecule has 2 unspecified atom stereocenters. The van der Waals surface area contributed by atoms with Crippen molar-refractivity contribution in [1.82, 2.24) is 0 Å². The van der Waals surface area contributed by atoms with Gasteiger partial charge >= 0.3 is 5.97 Å². The van der Waals surface area contributed by atoms with Crippen LogP contribution in [-0.2, 0) is 4.79 Å². The van der Waals surface area contributed by atoms with Crippen LogP contribution >= 0.6 is 0 Å². The summed E-state index contributed by atoms with van der Waals surface area (Å²) in [5, 5.41) is 8.82. The standard InChI is InChI=1S/C14H20N2O3/c1-4-9(2)12(15)13(17)16(3)11-7-5-10(6-8-11)14(18)19/h5-9,12H,4,15H2,1-3H3,(H,18,19). The number of carbonyl (C=O) groups excluding carboxylic acids is 1. The molecule has 0 aromatic heterocycles. The number of nitrogens with zero attached hydrogens (tertiary/aromatic N) is 1. The van der Waals surface area contributed by atoms with E-state index in [2.05, 4.69) is 0 Å². The molecule has 5 heteroatoms. The fraction of sp³-hybridized carbons (Fsp3) is 0.429. The van der Waals surface area contributed by atoms with Crippen LogP contribution < -0.4 is 10.6 Å². The lowest BCUT2D eigenvalue weighted by Crippen LogP contribution is -2.45. The number of rotatable bonds is 5. The number of carbonyl (C=O) groups is 2. The van der Waals surface area contributed by atoms with Gasteiger partial charge in [-0.2, -0.15) is 0 Å². The maximum absolute atomic E-state index is 12.1. The van der Waals surface area contributed by atoms with Crippen LogP contribution in [0.5, 0.6) is 0 Å². The molecule has 0 radical (unpaired) electrons. The number of hydrogen-bond donors (Lipinski definition) is 2. The lowest BCUT2D eigenvalue weighted by Gasteiger charge is -2.24. The predicted octanol–water partition coefficient (Wildman–Crippen LogP) is 1.72. The monoisotopic (exact) mass is 264 g/mol. The van der Waals surface area contributed by atoms with Gasteiger partial charge in [0.1, 0.15) is 0 Å². The molecule has 1 aromatic rings. The summed E-state index contributed by atoms with van der Waals surface area (Å²) in [6.07, 6.45) is 0.832. The van der Waals surface area contributed by atoms with Crippen molar-refractivity contribution in [3.8, 4) is 0 Å². The Morgan fingerprint density at radius 3 is 2.26 bits per heavy atom. The van der Waals surface area contributed by atoms with Crippen molar-refractivity contribution in [1.29, 1.82) is 0 Å². The summed E-state index contributed by atoms with van der Waals surface area (Å²) < 4.78 is 0. The van der Waals surface area contributed by atoms with Crippen molar-refractivity contribution in [3.63, 3.8) is 0 Å². The van der Waals surface area contributed by atoms with Gasteiger partial charge in [0.05, 0.1) is 11.6 Å². The number of benzene rings is 1. The van der Waals surface area contributed by atoms with E-state index in [4.69, 9.17) is 10.8 Å². The number of aromatic carboxylic acids is 1. The second kappa shape index (κ2) is 6.33. The maximum Gasteiger partial charge on any atom is 0.335 e. The minimum absolute atomic E-state index is 0.105.